The van der Waals surface area contributed by atoms with E-state index in [4.69, 9.17) is 0 Å². The summed E-state index contributed by atoms with van der Waals surface area (Å²) in [6.45, 7) is 13.2. The van der Waals surface area contributed by atoms with Crippen LogP contribution in [0.3, 0.4) is 0 Å². The highest BCUT2D eigenvalue weighted by Crippen LogP contribution is 2.18. The number of allylic oxidation sites excluding steroid dienone is 2. The fourth-order valence-corrected chi connectivity index (χ4v) is 1.25. The molecule has 14 heavy (non-hydrogen) atoms. The lowest BCUT2D eigenvalue weighted by molar-refractivity contribution is 0.720. The van der Waals surface area contributed by atoms with Crippen molar-refractivity contribution in [1.29, 1.82) is 0 Å². The summed E-state index contributed by atoms with van der Waals surface area (Å²) in [5.74, 6) is 1.13. The van der Waals surface area contributed by atoms with Crippen LogP contribution in [-0.4, -0.2) is 6.21 Å². The number of rotatable bonds is 5. The molecule has 0 aliphatic carbocycles. The average Bonchev–Trinajstić information content (AvgIpc) is 2.16. The predicted molar refractivity (Wildman–Crippen MR) is 65.8 cm³/mol. The highest BCUT2D eigenvalue weighted by atomic mass is 14.7. The van der Waals surface area contributed by atoms with Gasteiger partial charge in [0.25, 0.3) is 0 Å². The summed E-state index contributed by atoms with van der Waals surface area (Å²) in [6.07, 6.45) is 4.36. The summed E-state index contributed by atoms with van der Waals surface area (Å²) >= 11 is 0. The van der Waals surface area contributed by atoms with Crippen molar-refractivity contribution in [1.82, 2.24) is 0 Å². The average molecular weight is 195 g/mol. The van der Waals surface area contributed by atoms with Crippen molar-refractivity contribution >= 4 is 6.21 Å². The molecule has 1 nitrogen and oxygen atoms in total. The maximum Gasteiger partial charge on any atom is 0.0414 e. The first-order valence-corrected chi connectivity index (χ1v) is 5.76. The van der Waals surface area contributed by atoms with Crippen molar-refractivity contribution in [3.05, 3.63) is 11.3 Å². The van der Waals surface area contributed by atoms with Gasteiger partial charge in [-0.2, -0.15) is 0 Å². The normalized spacial score (nSPS) is 16.2. The summed E-state index contributed by atoms with van der Waals surface area (Å²) in [5.41, 5.74) is 2.69. The molecule has 0 aliphatic heterocycles. The van der Waals surface area contributed by atoms with Gasteiger partial charge in [-0.05, 0) is 31.6 Å². The highest BCUT2D eigenvalue weighted by Gasteiger charge is 2.04. The van der Waals surface area contributed by atoms with E-state index in [0.29, 0.717) is 11.8 Å². The molecule has 0 saturated carbocycles. The number of hydrogen-bond acceptors (Lipinski definition) is 1. The molecule has 0 spiro atoms. The molecule has 1 heteroatoms. The topological polar surface area (TPSA) is 12.4 Å². The van der Waals surface area contributed by atoms with Crippen LogP contribution in [0.4, 0.5) is 0 Å². The van der Waals surface area contributed by atoms with Crippen LogP contribution in [0, 0.1) is 11.8 Å². The largest absolute Gasteiger partial charge is 0.265 e. The van der Waals surface area contributed by atoms with Crippen LogP contribution < -0.4 is 0 Å². The minimum atomic E-state index is 0.537. The van der Waals surface area contributed by atoms with Crippen LogP contribution in [0.15, 0.2) is 16.3 Å². The van der Waals surface area contributed by atoms with Gasteiger partial charge >= 0.3 is 0 Å². The first-order chi connectivity index (χ1) is 6.52. The minimum Gasteiger partial charge on any atom is -0.265 e. The maximum atomic E-state index is 4.62. The Balaban J connectivity index is 4.63. The zero-order valence-electron chi connectivity index (χ0n) is 10.6. The standard InChI is InChI=1S/C13H25N/c1-7-11(5)9-14-13(10(3)4)12(6)8-2/h9-11H,7-8H2,1-6H3/b13-12+,14-9?. The summed E-state index contributed by atoms with van der Waals surface area (Å²) in [7, 11) is 0. The van der Waals surface area contributed by atoms with Crippen LogP contribution >= 0.6 is 0 Å². The molecule has 0 aliphatic rings. The lowest BCUT2D eigenvalue weighted by Crippen LogP contribution is -1.99. The molecule has 0 N–H and O–H groups in total. The van der Waals surface area contributed by atoms with E-state index in [1.165, 1.54) is 17.7 Å². The summed E-state index contributed by atoms with van der Waals surface area (Å²) in [6, 6.07) is 0. The quantitative estimate of drug-likeness (QED) is 0.575. The van der Waals surface area contributed by atoms with Gasteiger partial charge in [0.1, 0.15) is 0 Å². The van der Waals surface area contributed by atoms with E-state index < -0.39 is 0 Å². The Morgan fingerprint density at radius 1 is 1.21 bits per heavy atom. The molecule has 0 aromatic heterocycles. The smallest absolute Gasteiger partial charge is 0.0414 e. The molecular weight excluding hydrogens is 170 g/mol. The molecule has 0 amide bonds. The number of nitrogens with zero attached hydrogens (tertiary/aromatic N) is 1. The van der Waals surface area contributed by atoms with Gasteiger partial charge in [-0.3, -0.25) is 4.99 Å². The van der Waals surface area contributed by atoms with Gasteiger partial charge in [0.05, 0.1) is 0 Å². The zero-order valence-corrected chi connectivity index (χ0v) is 10.6. The van der Waals surface area contributed by atoms with E-state index >= 15 is 0 Å². The molecule has 1 atom stereocenters. The van der Waals surface area contributed by atoms with Gasteiger partial charge in [0, 0.05) is 11.9 Å². The van der Waals surface area contributed by atoms with Crippen LogP contribution in [0.2, 0.25) is 0 Å². The van der Waals surface area contributed by atoms with Crippen LogP contribution in [0.5, 0.6) is 0 Å². The third-order valence-electron chi connectivity index (χ3n) is 2.63. The van der Waals surface area contributed by atoms with E-state index in [1.807, 2.05) is 0 Å². The molecule has 82 valence electrons. The second-order valence-corrected chi connectivity index (χ2v) is 4.34. The van der Waals surface area contributed by atoms with Gasteiger partial charge in [0.2, 0.25) is 0 Å². The van der Waals surface area contributed by atoms with E-state index in [-0.39, 0.29) is 0 Å². The fourth-order valence-electron chi connectivity index (χ4n) is 1.25. The fraction of sp³-hybridized carbons (Fsp3) is 0.769. The first-order valence-electron chi connectivity index (χ1n) is 5.76. The van der Waals surface area contributed by atoms with E-state index in [1.54, 1.807) is 0 Å². The zero-order chi connectivity index (χ0) is 11.1. The predicted octanol–water partition coefficient (Wildman–Crippen LogP) is 4.44. The van der Waals surface area contributed by atoms with E-state index in [0.717, 1.165) is 6.42 Å². The van der Waals surface area contributed by atoms with Gasteiger partial charge in [-0.15, -0.1) is 0 Å². The molecular formula is C13H25N. The molecule has 0 heterocycles. The second kappa shape index (κ2) is 6.80. The Morgan fingerprint density at radius 3 is 2.14 bits per heavy atom. The molecule has 0 aromatic carbocycles. The summed E-state index contributed by atoms with van der Waals surface area (Å²) < 4.78 is 0. The lowest BCUT2D eigenvalue weighted by atomic mass is 10.0. The molecule has 0 bridgehead atoms. The molecule has 0 fully saturated rings. The van der Waals surface area contributed by atoms with E-state index in [2.05, 4.69) is 52.7 Å². The highest BCUT2D eigenvalue weighted by molar-refractivity contribution is 5.61. The van der Waals surface area contributed by atoms with Crippen LogP contribution in [0.25, 0.3) is 0 Å². The Labute approximate surface area is 89.3 Å². The lowest BCUT2D eigenvalue weighted by Gasteiger charge is -2.10. The maximum absolute atomic E-state index is 4.62. The van der Waals surface area contributed by atoms with Crippen molar-refractivity contribution in [2.45, 2.75) is 54.4 Å². The summed E-state index contributed by atoms with van der Waals surface area (Å²) in [4.78, 5) is 4.62. The Morgan fingerprint density at radius 2 is 1.79 bits per heavy atom. The second-order valence-electron chi connectivity index (χ2n) is 4.34. The van der Waals surface area contributed by atoms with Crippen molar-refractivity contribution in [3.63, 3.8) is 0 Å². The van der Waals surface area contributed by atoms with Crippen molar-refractivity contribution in [2.75, 3.05) is 0 Å². The molecule has 0 radical (unpaired) electrons. The molecule has 0 saturated heterocycles. The number of hydrogen-bond donors (Lipinski definition) is 0. The molecule has 0 aromatic rings. The Kier molecular flexibility index (Phi) is 6.52. The van der Waals surface area contributed by atoms with Gasteiger partial charge in [-0.25, -0.2) is 0 Å². The third kappa shape index (κ3) is 4.59. The monoisotopic (exact) mass is 195 g/mol. The minimum absolute atomic E-state index is 0.537. The van der Waals surface area contributed by atoms with Gasteiger partial charge in [0.15, 0.2) is 0 Å². The van der Waals surface area contributed by atoms with E-state index in [9.17, 15) is 0 Å². The first kappa shape index (κ1) is 13.4. The summed E-state index contributed by atoms with van der Waals surface area (Å²) in [5, 5.41) is 0. The SMILES string of the molecule is CC/C(C)=C(/N=CC(C)CC)C(C)C. The van der Waals surface area contributed by atoms with Crippen molar-refractivity contribution < 1.29 is 0 Å². The van der Waals surface area contributed by atoms with Crippen LogP contribution in [0.1, 0.15) is 54.4 Å². The van der Waals surface area contributed by atoms with Crippen molar-refractivity contribution in [3.8, 4) is 0 Å². The number of aliphatic imine (C=N–C) groups is 1. The Hall–Kier alpha value is -0.590. The molecule has 1 unspecified atom stereocenters. The molecule has 0 rings (SSSR count). The van der Waals surface area contributed by atoms with Gasteiger partial charge < -0.3 is 0 Å². The van der Waals surface area contributed by atoms with Crippen LogP contribution in [-0.2, 0) is 0 Å². The third-order valence-corrected chi connectivity index (χ3v) is 2.63. The Bertz CT molecular complexity index is 211. The van der Waals surface area contributed by atoms with Gasteiger partial charge in [-0.1, -0.05) is 40.2 Å². The van der Waals surface area contributed by atoms with Crippen molar-refractivity contribution in [2.24, 2.45) is 16.8 Å².